The summed E-state index contributed by atoms with van der Waals surface area (Å²) >= 11 is 6.08. The van der Waals surface area contributed by atoms with Gasteiger partial charge < -0.3 is 14.8 Å². The van der Waals surface area contributed by atoms with Gasteiger partial charge in [-0.2, -0.15) is 19.6 Å². The molecule has 0 aliphatic heterocycles. The lowest BCUT2D eigenvalue weighted by Crippen LogP contribution is -2.12. The van der Waals surface area contributed by atoms with Crippen molar-refractivity contribution >= 4 is 23.2 Å². The Kier molecular flexibility index (Phi) is 5.51. The molecule has 7 nitrogen and oxygen atoms in total. The molecule has 110 valence electrons. The van der Waals surface area contributed by atoms with Crippen molar-refractivity contribution in [2.24, 2.45) is 0 Å². The summed E-state index contributed by atoms with van der Waals surface area (Å²) in [4.78, 5) is 8.19. The van der Waals surface area contributed by atoms with Gasteiger partial charge in [-0.3, -0.25) is 0 Å². The van der Waals surface area contributed by atoms with Gasteiger partial charge in [-0.05, 0) is 13.3 Å². The number of rotatable bonds is 8. The highest BCUT2D eigenvalue weighted by Gasteiger charge is 2.11. The molecule has 2 rings (SSSR count). The van der Waals surface area contributed by atoms with Crippen molar-refractivity contribution in [2.45, 2.75) is 13.3 Å². The predicted molar refractivity (Wildman–Crippen MR) is 76.3 cm³/mol. The fraction of sp³-hybridized carbons (Fsp3) is 0.583. The first-order valence-corrected chi connectivity index (χ1v) is 6.78. The van der Waals surface area contributed by atoms with E-state index < -0.39 is 0 Å². The third-order valence-electron chi connectivity index (χ3n) is 2.79. The van der Waals surface area contributed by atoms with Crippen molar-refractivity contribution in [1.29, 1.82) is 0 Å². The summed E-state index contributed by atoms with van der Waals surface area (Å²) in [5.41, 5.74) is 0.852. The van der Waals surface area contributed by atoms with Crippen LogP contribution in [-0.2, 0) is 9.47 Å². The Morgan fingerprint density at radius 1 is 1.35 bits per heavy atom. The van der Waals surface area contributed by atoms with Crippen LogP contribution in [0, 0.1) is 6.92 Å². The van der Waals surface area contributed by atoms with Gasteiger partial charge in [0.1, 0.15) is 17.3 Å². The third-order valence-corrected chi connectivity index (χ3v) is 3.16. The van der Waals surface area contributed by atoms with E-state index in [1.165, 1.54) is 6.33 Å². The minimum absolute atomic E-state index is 0.435. The summed E-state index contributed by atoms with van der Waals surface area (Å²) in [6.45, 7) is 4.56. The summed E-state index contributed by atoms with van der Waals surface area (Å²) in [5.74, 6) is 1.30. The number of fused-ring (bicyclic) bond motifs is 1. The second-order valence-corrected chi connectivity index (χ2v) is 4.59. The van der Waals surface area contributed by atoms with Crippen molar-refractivity contribution < 1.29 is 9.47 Å². The number of hydrogen-bond acceptors (Lipinski definition) is 6. The molecule has 0 amide bonds. The van der Waals surface area contributed by atoms with Crippen molar-refractivity contribution in [3.05, 3.63) is 17.0 Å². The lowest BCUT2D eigenvalue weighted by Gasteiger charge is -2.11. The summed E-state index contributed by atoms with van der Waals surface area (Å²) in [6, 6.07) is 0. The van der Waals surface area contributed by atoms with Crippen LogP contribution < -0.4 is 5.32 Å². The lowest BCUT2D eigenvalue weighted by atomic mass is 10.3. The minimum Gasteiger partial charge on any atom is -0.382 e. The van der Waals surface area contributed by atoms with Crippen LogP contribution in [0.2, 0.25) is 5.15 Å². The van der Waals surface area contributed by atoms with Crippen molar-refractivity contribution in [1.82, 2.24) is 19.6 Å². The first-order chi connectivity index (χ1) is 9.74. The van der Waals surface area contributed by atoms with Gasteiger partial charge in [-0.25, -0.2) is 0 Å². The van der Waals surface area contributed by atoms with Gasteiger partial charge in [0, 0.05) is 25.8 Å². The molecular formula is C12H18ClN5O2. The van der Waals surface area contributed by atoms with Gasteiger partial charge in [-0.1, -0.05) is 11.6 Å². The molecule has 0 aliphatic rings. The zero-order valence-electron chi connectivity index (χ0n) is 11.6. The third kappa shape index (κ3) is 3.56. The highest BCUT2D eigenvalue weighted by molar-refractivity contribution is 6.30. The van der Waals surface area contributed by atoms with E-state index in [2.05, 4.69) is 20.4 Å². The van der Waals surface area contributed by atoms with Gasteiger partial charge in [0.05, 0.1) is 13.2 Å². The van der Waals surface area contributed by atoms with Crippen LogP contribution in [0.15, 0.2) is 6.33 Å². The van der Waals surface area contributed by atoms with Crippen LogP contribution in [-0.4, -0.2) is 53.1 Å². The van der Waals surface area contributed by atoms with Gasteiger partial charge in [0.15, 0.2) is 0 Å². The first-order valence-electron chi connectivity index (χ1n) is 6.40. The average molecular weight is 300 g/mol. The summed E-state index contributed by atoms with van der Waals surface area (Å²) in [7, 11) is 1.66. The summed E-state index contributed by atoms with van der Waals surface area (Å²) in [6.07, 6.45) is 2.33. The largest absolute Gasteiger partial charge is 0.382 e. The predicted octanol–water partition coefficient (Wildman–Crippen LogP) is 1.55. The standard InChI is InChI=1S/C12H18ClN5O2/c1-9-10(13)17-12-15-8-16-18(12)11(9)14-4-3-5-20-7-6-19-2/h8,14H,3-7H2,1-2H3. The van der Waals surface area contributed by atoms with Crippen molar-refractivity contribution in [3.8, 4) is 0 Å². The topological polar surface area (TPSA) is 73.6 Å². The Bertz CT molecular complexity index is 560. The quantitative estimate of drug-likeness (QED) is 0.589. The molecule has 0 aromatic carbocycles. The van der Waals surface area contributed by atoms with Gasteiger partial charge in [0.25, 0.3) is 5.78 Å². The summed E-state index contributed by atoms with van der Waals surface area (Å²) < 4.78 is 12.0. The van der Waals surface area contributed by atoms with Crippen LogP contribution in [0.25, 0.3) is 5.78 Å². The Labute approximate surface area is 122 Å². The molecule has 2 heterocycles. The molecular weight excluding hydrogens is 282 g/mol. The molecule has 0 radical (unpaired) electrons. The highest BCUT2D eigenvalue weighted by Crippen LogP contribution is 2.21. The Hall–Kier alpha value is -1.44. The molecule has 1 N–H and O–H groups in total. The molecule has 0 saturated heterocycles. The van der Waals surface area contributed by atoms with Gasteiger partial charge in [-0.15, -0.1) is 0 Å². The maximum Gasteiger partial charge on any atom is 0.255 e. The fourth-order valence-electron chi connectivity index (χ4n) is 1.73. The Balaban J connectivity index is 1.89. The van der Waals surface area contributed by atoms with E-state index in [9.17, 15) is 0 Å². The zero-order chi connectivity index (χ0) is 14.4. The van der Waals surface area contributed by atoms with Crippen LogP contribution in [0.1, 0.15) is 12.0 Å². The lowest BCUT2D eigenvalue weighted by molar-refractivity contribution is 0.0705. The van der Waals surface area contributed by atoms with Crippen LogP contribution in [0.5, 0.6) is 0 Å². The number of halogens is 1. The molecule has 0 atom stereocenters. The maximum atomic E-state index is 6.08. The molecule has 0 bridgehead atoms. The minimum atomic E-state index is 0.435. The smallest absolute Gasteiger partial charge is 0.255 e. The van der Waals surface area contributed by atoms with E-state index in [4.69, 9.17) is 21.1 Å². The van der Waals surface area contributed by atoms with Gasteiger partial charge in [0.2, 0.25) is 0 Å². The Morgan fingerprint density at radius 2 is 2.20 bits per heavy atom. The van der Waals surface area contributed by atoms with E-state index in [-0.39, 0.29) is 0 Å². The molecule has 8 heteroatoms. The molecule has 0 saturated carbocycles. The monoisotopic (exact) mass is 299 g/mol. The highest BCUT2D eigenvalue weighted by atomic mass is 35.5. The summed E-state index contributed by atoms with van der Waals surface area (Å²) in [5, 5.41) is 7.87. The van der Waals surface area contributed by atoms with Crippen molar-refractivity contribution in [3.63, 3.8) is 0 Å². The second-order valence-electron chi connectivity index (χ2n) is 4.23. The van der Waals surface area contributed by atoms with Crippen LogP contribution >= 0.6 is 11.6 Å². The van der Waals surface area contributed by atoms with E-state index >= 15 is 0 Å². The van der Waals surface area contributed by atoms with Crippen LogP contribution in [0.3, 0.4) is 0 Å². The number of hydrogen-bond donors (Lipinski definition) is 1. The van der Waals surface area contributed by atoms with E-state index in [0.29, 0.717) is 30.8 Å². The Morgan fingerprint density at radius 3 is 3.00 bits per heavy atom. The normalized spacial score (nSPS) is 11.2. The molecule has 2 aromatic heterocycles. The second kappa shape index (κ2) is 7.37. The van der Waals surface area contributed by atoms with E-state index in [0.717, 1.165) is 24.3 Å². The number of aromatic nitrogens is 4. The molecule has 0 unspecified atom stereocenters. The first kappa shape index (κ1) is 15.0. The molecule has 2 aromatic rings. The van der Waals surface area contributed by atoms with E-state index in [1.54, 1.807) is 11.6 Å². The zero-order valence-corrected chi connectivity index (χ0v) is 12.4. The molecule has 0 fully saturated rings. The van der Waals surface area contributed by atoms with Crippen LogP contribution in [0.4, 0.5) is 5.82 Å². The van der Waals surface area contributed by atoms with Crippen molar-refractivity contribution in [2.75, 3.05) is 38.8 Å². The SMILES string of the molecule is COCCOCCCNc1c(C)c(Cl)nc2ncnn12. The fourth-order valence-corrected chi connectivity index (χ4v) is 1.90. The van der Waals surface area contributed by atoms with Gasteiger partial charge >= 0.3 is 0 Å². The number of ether oxygens (including phenoxy) is 2. The average Bonchev–Trinajstić information content (AvgIpc) is 2.89. The molecule has 20 heavy (non-hydrogen) atoms. The number of nitrogens with one attached hydrogen (secondary N) is 1. The molecule has 0 aliphatic carbocycles. The molecule has 0 spiro atoms. The maximum absolute atomic E-state index is 6.08. The van der Waals surface area contributed by atoms with E-state index in [1.807, 2.05) is 6.92 Å². The number of methoxy groups -OCH3 is 1. The number of anilines is 1. The number of nitrogens with zero attached hydrogens (tertiary/aromatic N) is 4.